The maximum absolute atomic E-state index is 12.8. The second kappa shape index (κ2) is 14.6. The van der Waals surface area contributed by atoms with Crippen LogP contribution in [0.15, 0.2) is 54.6 Å². The van der Waals surface area contributed by atoms with Gasteiger partial charge in [-0.1, -0.05) is 42.5 Å². The quantitative estimate of drug-likeness (QED) is 0.200. The molecule has 0 radical (unpaired) electrons. The number of aromatic hydroxyl groups is 1. The predicted octanol–water partition coefficient (Wildman–Crippen LogP) is -0.939. The topological polar surface area (TPSA) is 174 Å². The fourth-order valence-corrected chi connectivity index (χ4v) is 3.52. The van der Waals surface area contributed by atoms with E-state index in [-0.39, 0.29) is 38.3 Å². The molecule has 0 aliphatic rings. The number of amides is 4. The molecular formula is C26H35N5O6. The van der Waals surface area contributed by atoms with Gasteiger partial charge in [-0.05, 0) is 36.6 Å². The normalized spacial score (nSPS) is 13.1. The lowest BCUT2D eigenvalue weighted by Gasteiger charge is -2.28. The molecule has 0 aromatic heterocycles. The third-order valence-electron chi connectivity index (χ3n) is 5.74. The molecule has 4 amide bonds. The molecule has 0 heterocycles. The van der Waals surface area contributed by atoms with Gasteiger partial charge in [0.2, 0.25) is 23.6 Å². The van der Waals surface area contributed by atoms with Gasteiger partial charge in [-0.15, -0.1) is 0 Å². The summed E-state index contributed by atoms with van der Waals surface area (Å²) in [6, 6.07) is 12.7. The number of carbonyl (C=O) groups is 4. The van der Waals surface area contributed by atoms with E-state index in [1.165, 1.54) is 31.0 Å². The molecule has 2 aromatic carbocycles. The summed E-state index contributed by atoms with van der Waals surface area (Å²) in [5, 5.41) is 26.0. The Bertz CT molecular complexity index is 1050. The number of benzene rings is 2. The highest BCUT2D eigenvalue weighted by Gasteiger charge is 2.28. The Hall–Kier alpha value is -3.96. The van der Waals surface area contributed by atoms with Crippen LogP contribution in [-0.4, -0.2) is 83.6 Å². The van der Waals surface area contributed by atoms with Gasteiger partial charge in [-0.25, -0.2) is 0 Å². The van der Waals surface area contributed by atoms with Crippen molar-refractivity contribution >= 4 is 23.6 Å². The lowest BCUT2D eigenvalue weighted by molar-refractivity contribution is -0.139. The van der Waals surface area contributed by atoms with Gasteiger partial charge in [0.05, 0.1) is 19.2 Å². The summed E-state index contributed by atoms with van der Waals surface area (Å²) in [6.07, 6.45) is 0.463. The number of hydrogen-bond acceptors (Lipinski definition) is 7. The van der Waals surface area contributed by atoms with Crippen LogP contribution in [0, 0.1) is 0 Å². The highest BCUT2D eigenvalue weighted by atomic mass is 16.3. The van der Waals surface area contributed by atoms with Crippen LogP contribution in [0.5, 0.6) is 5.75 Å². The van der Waals surface area contributed by atoms with E-state index in [4.69, 9.17) is 10.8 Å². The number of aliphatic hydroxyl groups excluding tert-OH is 1. The first-order valence-electron chi connectivity index (χ1n) is 11.9. The number of likely N-dealkylation sites (N-methyl/N-ethyl adjacent to an activating group) is 1. The van der Waals surface area contributed by atoms with Gasteiger partial charge < -0.3 is 36.8 Å². The van der Waals surface area contributed by atoms with Crippen LogP contribution in [0.3, 0.4) is 0 Å². The summed E-state index contributed by atoms with van der Waals surface area (Å²) < 4.78 is 0. The van der Waals surface area contributed by atoms with Crippen LogP contribution in [0.2, 0.25) is 0 Å². The van der Waals surface area contributed by atoms with Crippen molar-refractivity contribution in [2.75, 3.05) is 26.7 Å². The fraction of sp³-hybridized carbons (Fsp3) is 0.385. The molecule has 200 valence electrons. The summed E-state index contributed by atoms with van der Waals surface area (Å²) in [4.78, 5) is 51.6. The Balaban J connectivity index is 1.90. The smallest absolute Gasteiger partial charge is 0.243 e. The number of phenolic OH excluding ortho intramolecular Hbond substituents is 1. The van der Waals surface area contributed by atoms with E-state index in [0.29, 0.717) is 0 Å². The SMILES string of the molecule is C[C@H](NC(=O)[C@H](N)Cc1ccc(O)cc1)C(=O)NCC(=O)N(C)[C@H](Cc1ccccc1)C(=O)NCCO. The molecule has 3 atom stereocenters. The molecule has 0 fully saturated rings. The second-order valence-electron chi connectivity index (χ2n) is 8.65. The number of nitrogens with zero attached hydrogens (tertiary/aromatic N) is 1. The van der Waals surface area contributed by atoms with Crippen molar-refractivity contribution in [3.05, 3.63) is 65.7 Å². The van der Waals surface area contributed by atoms with Crippen LogP contribution in [0.1, 0.15) is 18.1 Å². The summed E-state index contributed by atoms with van der Waals surface area (Å²) in [5.74, 6) is -1.96. The number of carbonyl (C=O) groups excluding carboxylic acids is 4. The summed E-state index contributed by atoms with van der Waals surface area (Å²) >= 11 is 0. The molecule has 0 bridgehead atoms. The molecule has 0 aliphatic carbocycles. The molecule has 7 N–H and O–H groups in total. The summed E-state index contributed by atoms with van der Waals surface area (Å²) in [5.41, 5.74) is 7.53. The Morgan fingerprint density at radius 2 is 1.51 bits per heavy atom. The molecule has 2 rings (SSSR count). The van der Waals surface area contributed by atoms with Crippen LogP contribution in [0.4, 0.5) is 0 Å². The van der Waals surface area contributed by atoms with Crippen molar-refractivity contribution in [1.82, 2.24) is 20.9 Å². The van der Waals surface area contributed by atoms with Crippen molar-refractivity contribution in [2.45, 2.75) is 37.9 Å². The Kier molecular flexibility index (Phi) is 11.5. The molecule has 0 aliphatic heterocycles. The standard InChI is InChI=1S/C26H35N5O6/c1-17(30-25(36)21(27)14-19-8-10-20(33)11-9-19)24(35)29-16-23(34)31(2)22(26(37)28-12-13-32)15-18-6-4-3-5-7-18/h3-11,17,21-22,32-33H,12-16,27H2,1-2H3,(H,28,37)(H,29,35)(H,30,36)/t17-,21+,22+/m0/s1. The molecule has 0 spiro atoms. The van der Waals surface area contributed by atoms with E-state index < -0.39 is 41.8 Å². The molecule has 0 unspecified atom stereocenters. The zero-order valence-corrected chi connectivity index (χ0v) is 21.0. The Labute approximate surface area is 216 Å². The van der Waals surface area contributed by atoms with Crippen LogP contribution in [-0.2, 0) is 32.0 Å². The maximum Gasteiger partial charge on any atom is 0.243 e. The molecule has 0 saturated carbocycles. The molecular weight excluding hydrogens is 478 g/mol. The first-order valence-corrected chi connectivity index (χ1v) is 11.9. The van der Waals surface area contributed by atoms with Crippen molar-refractivity contribution in [3.8, 4) is 5.75 Å². The summed E-state index contributed by atoms with van der Waals surface area (Å²) in [6.45, 7) is 0.900. The van der Waals surface area contributed by atoms with Gasteiger partial charge in [0, 0.05) is 20.0 Å². The van der Waals surface area contributed by atoms with E-state index in [2.05, 4.69) is 16.0 Å². The van der Waals surface area contributed by atoms with Crippen LogP contribution >= 0.6 is 0 Å². The van der Waals surface area contributed by atoms with Crippen molar-refractivity contribution in [2.24, 2.45) is 5.73 Å². The number of hydrogen-bond donors (Lipinski definition) is 6. The Morgan fingerprint density at radius 1 is 0.892 bits per heavy atom. The van der Waals surface area contributed by atoms with E-state index >= 15 is 0 Å². The predicted molar refractivity (Wildman–Crippen MR) is 137 cm³/mol. The second-order valence-corrected chi connectivity index (χ2v) is 8.65. The number of rotatable bonds is 13. The minimum atomic E-state index is -0.954. The van der Waals surface area contributed by atoms with Gasteiger partial charge in [-0.3, -0.25) is 19.2 Å². The lowest BCUT2D eigenvalue weighted by Crippen LogP contribution is -2.54. The van der Waals surface area contributed by atoms with Gasteiger partial charge in [0.15, 0.2) is 0 Å². The monoisotopic (exact) mass is 513 g/mol. The number of phenols is 1. The van der Waals surface area contributed by atoms with Crippen molar-refractivity contribution in [1.29, 1.82) is 0 Å². The van der Waals surface area contributed by atoms with E-state index in [1.54, 1.807) is 12.1 Å². The van der Waals surface area contributed by atoms with Gasteiger partial charge in [0.25, 0.3) is 0 Å². The molecule has 0 saturated heterocycles. The highest BCUT2D eigenvalue weighted by Crippen LogP contribution is 2.11. The van der Waals surface area contributed by atoms with Gasteiger partial charge >= 0.3 is 0 Å². The molecule has 11 heteroatoms. The lowest BCUT2D eigenvalue weighted by atomic mass is 10.0. The first-order chi connectivity index (χ1) is 17.6. The number of nitrogens with one attached hydrogen (secondary N) is 3. The van der Waals surface area contributed by atoms with Crippen LogP contribution in [0.25, 0.3) is 0 Å². The summed E-state index contributed by atoms with van der Waals surface area (Å²) in [7, 11) is 1.47. The number of aliphatic hydroxyl groups is 1. The molecule has 11 nitrogen and oxygen atoms in total. The fourth-order valence-electron chi connectivity index (χ4n) is 3.52. The minimum Gasteiger partial charge on any atom is -0.508 e. The van der Waals surface area contributed by atoms with E-state index in [0.717, 1.165) is 11.1 Å². The largest absolute Gasteiger partial charge is 0.508 e. The maximum atomic E-state index is 12.8. The molecule has 2 aromatic rings. The van der Waals surface area contributed by atoms with E-state index in [1.807, 2.05) is 30.3 Å². The van der Waals surface area contributed by atoms with Crippen LogP contribution < -0.4 is 21.7 Å². The average molecular weight is 514 g/mol. The zero-order chi connectivity index (χ0) is 27.4. The third-order valence-corrected chi connectivity index (χ3v) is 5.74. The molecule has 37 heavy (non-hydrogen) atoms. The zero-order valence-electron chi connectivity index (χ0n) is 21.0. The van der Waals surface area contributed by atoms with Crippen molar-refractivity contribution in [3.63, 3.8) is 0 Å². The van der Waals surface area contributed by atoms with Crippen molar-refractivity contribution < 1.29 is 29.4 Å². The van der Waals surface area contributed by atoms with Gasteiger partial charge in [-0.2, -0.15) is 0 Å². The number of nitrogens with two attached hydrogens (primary N) is 1. The van der Waals surface area contributed by atoms with E-state index in [9.17, 15) is 24.3 Å². The Morgan fingerprint density at radius 3 is 2.14 bits per heavy atom. The highest BCUT2D eigenvalue weighted by molar-refractivity contribution is 5.93. The first kappa shape index (κ1) is 29.3. The van der Waals surface area contributed by atoms with Gasteiger partial charge in [0.1, 0.15) is 17.8 Å². The average Bonchev–Trinajstić information content (AvgIpc) is 2.90. The third kappa shape index (κ3) is 9.54. The minimum absolute atomic E-state index is 0.0506.